The Hall–Kier alpha value is -2.39. The SMILES string of the molecule is C=CCN1C(=O)/C(=C/c2cc(I)c(OCc3cccc([N+](=O)[O-])c3)c(I)c2)C(=O)NC1=S. The molecule has 32 heavy (non-hydrogen) atoms. The van der Waals surface area contributed by atoms with Gasteiger partial charge in [0.1, 0.15) is 17.9 Å². The summed E-state index contributed by atoms with van der Waals surface area (Å²) in [4.78, 5) is 36.8. The predicted octanol–water partition coefficient (Wildman–Crippen LogP) is 4.20. The Bertz CT molecular complexity index is 1160. The number of rotatable bonds is 7. The highest BCUT2D eigenvalue weighted by Gasteiger charge is 2.32. The lowest BCUT2D eigenvalue weighted by Gasteiger charge is -2.27. The molecular weight excluding hydrogens is 660 g/mol. The smallest absolute Gasteiger partial charge is 0.269 e. The second kappa shape index (κ2) is 10.5. The first-order valence-electron chi connectivity index (χ1n) is 9.06. The molecule has 0 radical (unpaired) electrons. The first-order valence-corrected chi connectivity index (χ1v) is 11.6. The number of carbonyl (C=O) groups is 2. The number of carbonyl (C=O) groups excluding carboxylic acids is 2. The lowest BCUT2D eigenvalue weighted by Crippen LogP contribution is -2.53. The van der Waals surface area contributed by atoms with Crippen LogP contribution < -0.4 is 10.1 Å². The van der Waals surface area contributed by atoms with Gasteiger partial charge in [-0.1, -0.05) is 18.2 Å². The van der Waals surface area contributed by atoms with Crippen LogP contribution in [0.3, 0.4) is 0 Å². The first kappa shape index (κ1) is 24.3. The molecule has 1 heterocycles. The van der Waals surface area contributed by atoms with Crippen molar-refractivity contribution < 1.29 is 19.2 Å². The van der Waals surface area contributed by atoms with Crippen LogP contribution in [0, 0.1) is 17.3 Å². The lowest BCUT2D eigenvalue weighted by molar-refractivity contribution is -0.384. The normalized spacial score (nSPS) is 15.0. The summed E-state index contributed by atoms with van der Waals surface area (Å²) in [5, 5.41) is 13.5. The Morgan fingerprint density at radius 3 is 2.53 bits per heavy atom. The third-order valence-corrected chi connectivity index (χ3v) is 6.26. The molecule has 0 saturated carbocycles. The van der Waals surface area contributed by atoms with Gasteiger partial charge in [-0.3, -0.25) is 29.9 Å². The highest BCUT2D eigenvalue weighted by Crippen LogP contribution is 2.31. The van der Waals surface area contributed by atoms with Crippen LogP contribution in [-0.2, 0) is 16.2 Å². The molecule has 1 N–H and O–H groups in total. The highest BCUT2D eigenvalue weighted by molar-refractivity contribution is 14.1. The summed E-state index contributed by atoms with van der Waals surface area (Å²) >= 11 is 9.26. The van der Waals surface area contributed by atoms with E-state index in [4.69, 9.17) is 17.0 Å². The van der Waals surface area contributed by atoms with Gasteiger partial charge in [0.25, 0.3) is 17.5 Å². The van der Waals surface area contributed by atoms with Gasteiger partial charge in [0.2, 0.25) is 0 Å². The maximum absolute atomic E-state index is 12.7. The number of benzene rings is 2. The van der Waals surface area contributed by atoms with Crippen molar-refractivity contribution in [3.05, 3.63) is 83.0 Å². The fourth-order valence-electron chi connectivity index (χ4n) is 2.87. The summed E-state index contributed by atoms with van der Waals surface area (Å²) in [6.07, 6.45) is 3.03. The minimum atomic E-state index is -0.559. The van der Waals surface area contributed by atoms with Crippen LogP contribution in [0.1, 0.15) is 11.1 Å². The van der Waals surface area contributed by atoms with Gasteiger partial charge in [0.15, 0.2) is 5.11 Å². The number of hydrogen-bond acceptors (Lipinski definition) is 6. The number of nitro groups is 1. The van der Waals surface area contributed by atoms with E-state index in [0.717, 1.165) is 7.14 Å². The standard InChI is InChI=1S/C21H15I2N3O5S/c1-2-6-25-20(28)15(19(27)24-21(25)32)8-13-9-16(22)18(17(23)10-13)31-11-12-4-3-5-14(7-12)26(29)30/h2-5,7-10H,1,6,11H2,(H,24,27,32)/b15-8+. The van der Waals surface area contributed by atoms with E-state index < -0.39 is 16.7 Å². The van der Waals surface area contributed by atoms with Crippen molar-refractivity contribution >= 4 is 86.1 Å². The maximum atomic E-state index is 12.7. The molecule has 1 aliphatic rings. The van der Waals surface area contributed by atoms with E-state index in [-0.39, 0.29) is 29.5 Å². The number of halogens is 2. The predicted molar refractivity (Wildman–Crippen MR) is 140 cm³/mol. The van der Waals surface area contributed by atoms with Crippen LogP contribution in [-0.4, -0.2) is 33.3 Å². The summed E-state index contributed by atoms with van der Waals surface area (Å²) in [5.74, 6) is -0.445. The van der Waals surface area contributed by atoms with Gasteiger partial charge >= 0.3 is 0 Å². The molecular formula is C21H15I2N3O5S. The van der Waals surface area contributed by atoms with E-state index in [1.54, 1.807) is 24.3 Å². The zero-order valence-corrected chi connectivity index (χ0v) is 21.5. The van der Waals surface area contributed by atoms with Gasteiger partial charge in [-0.2, -0.15) is 0 Å². The highest BCUT2D eigenvalue weighted by atomic mass is 127. The number of nitro benzene ring substituents is 1. The number of nitrogens with one attached hydrogen (secondary N) is 1. The molecule has 1 saturated heterocycles. The van der Waals surface area contributed by atoms with Crippen molar-refractivity contribution in [2.24, 2.45) is 0 Å². The van der Waals surface area contributed by atoms with Crippen molar-refractivity contribution in [3.63, 3.8) is 0 Å². The second-order valence-corrected chi connectivity index (χ2v) is 9.26. The summed E-state index contributed by atoms with van der Waals surface area (Å²) in [6, 6.07) is 9.80. The van der Waals surface area contributed by atoms with Gasteiger partial charge < -0.3 is 4.74 Å². The van der Waals surface area contributed by atoms with Crippen molar-refractivity contribution in [1.82, 2.24) is 10.2 Å². The molecule has 0 unspecified atom stereocenters. The minimum Gasteiger partial charge on any atom is -0.487 e. The first-order chi connectivity index (χ1) is 15.2. The second-order valence-electron chi connectivity index (χ2n) is 6.55. The third kappa shape index (κ3) is 5.50. The molecule has 0 bridgehead atoms. The van der Waals surface area contributed by atoms with Gasteiger partial charge in [0.05, 0.1) is 12.1 Å². The molecule has 0 aromatic heterocycles. The van der Waals surface area contributed by atoms with E-state index in [0.29, 0.717) is 16.9 Å². The van der Waals surface area contributed by atoms with Crippen molar-refractivity contribution in [3.8, 4) is 5.75 Å². The number of amides is 2. The minimum absolute atomic E-state index is 0.00197. The summed E-state index contributed by atoms with van der Waals surface area (Å²) in [5.41, 5.74) is 1.28. The van der Waals surface area contributed by atoms with E-state index >= 15 is 0 Å². The molecule has 1 aliphatic heterocycles. The van der Waals surface area contributed by atoms with Crippen LogP contribution >= 0.6 is 57.4 Å². The van der Waals surface area contributed by atoms with Crippen molar-refractivity contribution in [1.29, 1.82) is 0 Å². The Kier molecular flexibility index (Phi) is 7.95. The fraction of sp³-hybridized carbons (Fsp3) is 0.0952. The molecule has 2 aromatic rings. The van der Waals surface area contributed by atoms with Crippen LogP contribution in [0.15, 0.2) is 54.6 Å². The Labute approximate surface area is 216 Å². The Morgan fingerprint density at radius 1 is 1.22 bits per heavy atom. The topological polar surface area (TPSA) is 102 Å². The molecule has 2 aromatic carbocycles. The van der Waals surface area contributed by atoms with Crippen molar-refractivity contribution in [2.45, 2.75) is 6.61 Å². The number of hydrogen-bond donors (Lipinski definition) is 1. The summed E-state index contributed by atoms with van der Waals surface area (Å²) in [7, 11) is 0. The van der Waals surface area contributed by atoms with Gasteiger partial charge in [-0.05, 0) is 86.7 Å². The zero-order valence-electron chi connectivity index (χ0n) is 16.3. The number of ether oxygens (including phenoxy) is 1. The number of nitrogens with zero attached hydrogens (tertiary/aromatic N) is 2. The van der Waals surface area contributed by atoms with Crippen molar-refractivity contribution in [2.75, 3.05) is 6.54 Å². The molecule has 0 aliphatic carbocycles. The van der Waals surface area contributed by atoms with Crippen LogP contribution in [0.25, 0.3) is 6.08 Å². The molecule has 164 valence electrons. The van der Waals surface area contributed by atoms with Gasteiger partial charge in [0, 0.05) is 18.7 Å². The quantitative estimate of drug-likeness (QED) is 0.0899. The maximum Gasteiger partial charge on any atom is 0.269 e. The Morgan fingerprint density at radius 2 is 1.91 bits per heavy atom. The fourth-order valence-corrected chi connectivity index (χ4v) is 5.25. The molecule has 2 amide bonds. The van der Waals surface area contributed by atoms with Gasteiger partial charge in [-0.15, -0.1) is 6.58 Å². The average molecular weight is 675 g/mol. The van der Waals surface area contributed by atoms with Crippen LogP contribution in [0.4, 0.5) is 5.69 Å². The molecule has 1 fully saturated rings. The van der Waals surface area contributed by atoms with E-state index in [2.05, 4.69) is 57.1 Å². The van der Waals surface area contributed by atoms with E-state index in [1.165, 1.54) is 29.2 Å². The Balaban J connectivity index is 1.84. The summed E-state index contributed by atoms with van der Waals surface area (Å²) < 4.78 is 7.41. The van der Waals surface area contributed by atoms with E-state index in [9.17, 15) is 19.7 Å². The largest absolute Gasteiger partial charge is 0.487 e. The van der Waals surface area contributed by atoms with Gasteiger partial charge in [-0.25, -0.2) is 0 Å². The molecule has 0 atom stereocenters. The molecule has 8 nitrogen and oxygen atoms in total. The lowest BCUT2D eigenvalue weighted by atomic mass is 10.1. The number of thiocarbonyl (C=S) groups is 1. The summed E-state index contributed by atoms with van der Waals surface area (Å²) in [6.45, 7) is 3.95. The average Bonchev–Trinajstić information content (AvgIpc) is 2.73. The molecule has 0 spiro atoms. The zero-order chi connectivity index (χ0) is 23.4. The monoisotopic (exact) mass is 675 g/mol. The third-order valence-electron chi connectivity index (χ3n) is 4.33. The van der Waals surface area contributed by atoms with Crippen LogP contribution in [0.5, 0.6) is 5.75 Å². The van der Waals surface area contributed by atoms with E-state index in [1.807, 2.05) is 0 Å². The molecule has 3 rings (SSSR count). The number of non-ortho nitro benzene ring substituents is 1. The molecule has 11 heteroatoms. The van der Waals surface area contributed by atoms with Crippen LogP contribution in [0.2, 0.25) is 0 Å².